The number of hydrogen-bond donors (Lipinski definition) is 2. The number of anilines is 2. The first-order chi connectivity index (χ1) is 9.08. The first kappa shape index (κ1) is 13.6. The van der Waals surface area contributed by atoms with Crippen molar-refractivity contribution in [2.75, 3.05) is 31.3 Å². The van der Waals surface area contributed by atoms with Gasteiger partial charge in [-0.15, -0.1) is 0 Å². The number of nitro benzene ring substituents is 1. The van der Waals surface area contributed by atoms with Crippen molar-refractivity contribution in [3.05, 3.63) is 28.3 Å². The fourth-order valence-electron chi connectivity index (χ4n) is 2.20. The second-order valence-electron chi connectivity index (χ2n) is 5.10. The largest absolute Gasteiger partial charge is 0.393 e. The Kier molecular flexibility index (Phi) is 3.90. The van der Waals surface area contributed by atoms with Gasteiger partial charge in [0.25, 0.3) is 0 Å². The van der Waals surface area contributed by atoms with E-state index in [-0.39, 0.29) is 16.8 Å². The summed E-state index contributed by atoms with van der Waals surface area (Å²) >= 11 is 0. The second kappa shape index (κ2) is 5.44. The third-order valence-electron chi connectivity index (χ3n) is 3.70. The molecule has 0 spiro atoms. The van der Waals surface area contributed by atoms with Crippen LogP contribution in [0.15, 0.2) is 18.2 Å². The molecular formula is C13H19N3O3. The lowest BCUT2D eigenvalue weighted by molar-refractivity contribution is -0.383. The number of nitrogens with zero attached hydrogens (tertiary/aromatic N) is 1. The van der Waals surface area contributed by atoms with Crippen molar-refractivity contribution in [2.24, 2.45) is 5.41 Å². The van der Waals surface area contributed by atoms with Crippen LogP contribution in [0.4, 0.5) is 17.1 Å². The standard InChI is InChI=1S/C13H19N3O3/c1-19-8-7-13(5-6-13)9-15-11-4-2-3-10(14)12(11)16(17)18/h2-4,15H,5-9,14H2,1H3. The van der Waals surface area contributed by atoms with E-state index in [1.54, 1.807) is 25.3 Å². The van der Waals surface area contributed by atoms with E-state index in [0.29, 0.717) is 5.69 Å². The fraction of sp³-hybridized carbons (Fsp3) is 0.538. The van der Waals surface area contributed by atoms with E-state index in [4.69, 9.17) is 10.5 Å². The zero-order valence-electron chi connectivity index (χ0n) is 11.0. The Hall–Kier alpha value is -1.82. The highest BCUT2D eigenvalue weighted by atomic mass is 16.6. The highest BCUT2D eigenvalue weighted by Gasteiger charge is 2.42. The summed E-state index contributed by atoms with van der Waals surface area (Å²) in [6.45, 7) is 1.45. The molecule has 1 saturated carbocycles. The molecule has 6 heteroatoms. The summed E-state index contributed by atoms with van der Waals surface area (Å²) in [5, 5.41) is 14.2. The van der Waals surface area contributed by atoms with Gasteiger partial charge in [0.2, 0.25) is 0 Å². The third kappa shape index (κ3) is 3.14. The van der Waals surface area contributed by atoms with E-state index < -0.39 is 4.92 Å². The second-order valence-corrected chi connectivity index (χ2v) is 5.10. The summed E-state index contributed by atoms with van der Waals surface area (Å²) in [6.07, 6.45) is 3.26. The molecule has 19 heavy (non-hydrogen) atoms. The van der Waals surface area contributed by atoms with Gasteiger partial charge in [0.15, 0.2) is 0 Å². The van der Waals surface area contributed by atoms with Crippen LogP contribution in [0, 0.1) is 15.5 Å². The molecule has 0 amide bonds. The van der Waals surface area contributed by atoms with Crippen molar-refractivity contribution < 1.29 is 9.66 Å². The summed E-state index contributed by atoms with van der Waals surface area (Å²) in [6, 6.07) is 4.96. The van der Waals surface area contributed by atoms with Gasteiger partial charge in [-0.25, -0.2) is 0 Å². The van der Waals surface area contributed by atoms with Crippen LogP contribution >= 0.6 is 0 Å². The van der Waals surface area contributed by atoms with Crippen molar-refractivity contribution in [1.82, 2.24) is 0 Å². The predicted octanol–water partition coefficient (Wildman–Crippen LogP) is 2.41. The SMILES string of the molecule is COCCC1(CNc2cccc(N)c2[N+](=O)[O-])CC1. The molecule has 0 saturated heterocycles. The topological polar surface area (TPSA) is 90.4 Å². The summed E-state index contributed by atoms with van der Waals surface area (Å²) in [7, 11) is 1.69. The molecule has 1 aliphatic rings. The van der Waals surface area contributed by atoms with Crippen LogP contribution in [0.2, 0.25) is 0 Å². The molecular weight excluding hydrogens is 246 g/mol. The van der Waals surface area contributed by atoms with Gasteiger partial charge in [0.1, 0.15) is 11.4 Å². The Labute approximate surface area is 112 Å². The first-order valence-corrected chi connectivity index (χ1v) is 6.34. The van der Waals surface area contributed by atoms with Crippen LogP contribution in [-0.4, -0.2) is 25.2 Å². The van der Waals surface area contributed by atoms with E-state index in [1.165, 1.54) is 0 Å². The molecule has 0 aromatic heterocycles. The predicted molar refractivity (Wildman–Crippen MR) is 74.2 cm³/mol. The minimum absolute atomic E-state index is 0.0370. The number of methoxy groups -OCH3 is 1. The van der Waals surface area contributed by atoms with Crippen LogP contribution < -0.4 is 11.1 Å². The lowest BCUT2D eigenvalue weighted by Crippen LogP contribution is -2.18. The van der Waals surface area contributed by atoms with E-state index in [2.05, 4.69) is 5.32 Å². The molecule has 6 nitrogen and oxygen atoms in total. The highest BCUT2D eigenvalue weighted by Crippen LogP contribution is 2.49. The summed E-state index contributed by atoms with van der Waals surface area (Å²) < 4.78 is 5.09. The molecule has 0 radical (unpaired) electrons. The van der Waals surface area contributed by atoms with Crippen molar-refractivity contribution in [1.29, 1.82) is 0 Å². The number of nitrogens with one attached hydrogen (secondary N) is 1. The highest BCUT2D eigenvalue weighted by molar-refractivity contribution is 5.74. The summed E-state index contributed by atoms with van der Waals surface area (Å²) in [5.74, 6) is 0. The van der Waals surface area contributed by atoms with Gasteiger partial charge in [-0.2, -0.15) is 0 Å². The number of nitro groups is 1. The van der Waals surface area contributed by atoms with Gasteiger partial charge in [0.05, 0.1) is 4.92 Å². The molecule has 1 aromatic carbocycles. The number of nitrogen functional groups attached to an aromatic ring is 1. The molecule has 1 aliphatic carbocycles. The van der Waals surface area contributed by atoms with Crippen LogP contribution in [0.1, 0.15) is 19.3 Å². The Bertz CT molecular complexity index is 472. The summed E-state index contributed by atoms with van der Waals surface area (Å²) in [5.41, 5.74) is 6.54. The first-order valence-electron chi connectivity index (χ1n) is 6.34. The van der Waals surface area contributed by atoms with Crippen molar-refractivity contribution in [3.63, 3.8) is 0 Å². The molecule has 0 bridgehead atoms. The van der Waals surface area contributed by atoms with Gasteiger partial charge >= 0.3 is 5.69 Å². The molecule has 2 rings (SSSR count). The van der Waals surface area contributed by atoms with Crippen molar-refractivity contribution in [2.45, 2.75) is 19.3 Å². The Morgan fingerprint density at radius 3 is 2.84 bits per heavy atom. The van der Waals surface area contributed by atoms with Gasteiger partial charge < -0.3 is 15.8 Å². The van der Waals surface area contributed by atoms with Crippen molar-refractivity contribution >= 4 is 17.1 Å². The number of rotatable bonds is 7. The molecule has 104 valence electrons. The van der Waals surface area contributed by atoms with Gasteiger partial charge in [-0.05, 0) is 36.8 Å². The maximum atomic E-state index is 11.0. The molecule has 1 fully saturated rings. The van der Waals surface area contributed by atoms with E-state index >= 15 is 0 Å². The van der Waals surface area contributed by atoms with Crippen LogP contribution in [-0.2, 0) is 4.74 Å². The van der Waals surface area contributed by atoms with Gasteiger partial charge in [-0.3, -0.25) is 10.1 Å². The Balaban J connectivity index is 2.04. The van der Waals surface area contributed by atoms with Gasteiger partial charge in [0, 0.05) is 20.3 Å². The number of hydrogen-bond acceptors (Lipinski definition) is 5. The molecule has 0 atom stereocenters. The fourth-order valence-corrected chi connectivity index (χ4v) is 2.20. The Morgan fingerprint density at radius 1 is 1.53 bits per heavy atom. The molecule has 1 aromatic rings. The maximum Gasteiger partial charge on any atom is 0.314 e. The van der Waals surface area contributed by atoms with Crippen LogP contribution in [0.5, 0.6) is 0 Å². The summed E-state index contributed by atoms with van der Waals surface area (Å²) in [4.78, 5) is 10.6. The molecule has 0 unspecified atom stereocenters. The van der Waals surface area contributed by atoms with E-state index in [0.717, 1.165) is 32.4 Å². The molecule has 0 heterocycles. The average molecular weight is 265 g/mol. The lowest BCUT2D eigenvalue weighted by Gasteiger charge is -2.16. The lowest BCUT2D eigenvalue weighted by atomic mass is 10.0. The quantitative estimate of drug-likeness (QED) is 0.449. The minimum atomic E-state index is -0.438. The molecule has 3 N–H and O–H groups in total. The minimum Gasteiger partial charge on any atom is -0.393 e. The molecule has 0 aliphatic heterocycles. The average Bonchev–Trinajstić information content (AvgIpc) is 3.14. The maximum absolute atomic E-state index is 11.0. The number of para-hydroxylation sites is 1. The zero-order valence-corrected chi connectivity index (χ0v) is 11.0. The Morgan fingerprint density at radius 2 is 2.26 bits per heavy atom. The number of ether oxygens (including phenoxy) is 1. The van der Waals surface area contributed by atoms with E-state index in [1.807, 2.05) is 0 Å². The third-order valence-corrected chi connectivity index (χ3v) is 3.70. The van der Waals surface area contributed by atoms with Crippen LogP contribution in [0.25, 0.3) is 0 Å². The zero-order chi connectivity index (χ0) is 13.9. The number of benzene rings is 1. The van der Waals surface area contributed by atoms with E-state index in [9.17, 15) is 10.1 Å². The normalized spacial score (nSPS) is 16.1. The van der Waals surface area contributed by atoms with Crippen LogP contribution in [0.3, 0.4) is 0 Å². The number of nitrogens with two attached hydrogens (primary N) is 1. The van der Waals surface area contributed by atoms with Gasteiger partial charge in [-0.1, -0.05) is 6.07 Å². The van der Waals surface area contributed by atoms with Crippen molar-refractivity contribution in [3.8, 4) is 0 Å². The monoisotopic (exact) mass is 265 g/mol. The smallest absolute Gasteiger partial charge is 0.314 e.